The molecule has 146 valence electrons. The molecule has 0 spiro atoms. The Morgan fingerprint density at radius 3 is 2.57 bits per heavy atom. The Hall–Kier alpha value is -2.93. The van der Waals surface area contributed by atoms with Crippen LogP contribution in [0, 0.1) is 11.7 Å². The van der Waals surface area contributed by atoms with E-state index < -0.39 is 23.8 Å². The van der Waals surface area contributed by atoms with Crippen molar-refractivity contribution in [2.75, 3.05) is 10.6 Å². The lowest BCUT2D eigenvalue weighted by atomic mass is 10.2. The highest BCUT2D eigenvalue weighted by molar-refractivity contribution is 6.33. The summed E-state index contributed by atoms with van der Waals surface area (Å²) in [6.07, 6.45) is 0.634. The lowest BCUT2D eigenvalue weighted by molar-refractivity contribution is -0.123. The van der Waals surface area contributed by atoms with Crippen LogP contribution in [0.4, 0.5) is 15.8 Å². The number of benzene rings is 2. The van der Waals surface area contributed by atoms with Crippen LogP contribution < -0.4 is 10.6 Å². The van der Waals surface area contributed by atoms with Crippen molar-refractivity contribution in [2.24, 2.45) is 5.92 Å². The maximum atomic E-state index is 13.1. The predicted octanol–water partition coefficient (Wildman–Crippen LogP) is 4.01. The average molecular weight is 405 g/mol. The molecule has 2 N–H and O–H groups in total. The molecule has 28 heavy (non-hydrogen) atoms. The Balaban J connectivity index is 1.60. The Labute approximate surface area is 166 Å². The molecular formula is C20H18ClFN2O4. The van der Waals surface area contributed by atoms with Crippen molar-refractivity contribution in [3.8, 4) is 0 Å². The van der Waals surface area contributed by atoms with Gasteiger partial charge in [0.25, 0.3) is 5.91 Å². The van der Waals surface area contributed by atoms with Gasteiger partial charge in [0.2, 0.25) is 5.91 Å². The quantitative estimate of drug-likeness (QED) is 0.712. The van der Waals surface area contributed by atoms with E-state index in [0.29, 0.717) is 5.69 Å². The van der Waals surface area contributed by atoms with Crippen molar-refractivity contribution in [3.05, 3.63) is 58.9 Å². The van der Waals surface area contributed by atoms with Gasteiger partial charge in [-0.2, -0.15) is 0 Å². The summed E-state index contributed by atoms with van der Waals surface area (Å²) in [5.74, 6) is -1.89. The molecule has 0 saturated heterocycles. The van der Waals surface area contributed by atoms with Gasteiger partial charge >= 0.3 is 5.97 Å². The minimum absolute atomic E-state index is 0.0333. The van der Waals surface area contributed by atoms with Gasteiger partial charge in [-0.25, -0.2) is 9.18 Å². The molecule has 1 atom stereocenters. The molecule has 0 bridgehead atoms. The number of nitrogens with one attached hydrogen (secondary N) is 2. The SMILES string of the molecule is CC(OC(=O)c1cccc(NC(=O)C2CC2)c1)C(=O)Nc1ccc(F)cc1Cl. The summed E-state index contributed by atoms with van der Waals surface area (Å²) in [4.78, 5) is 36.4. The minimum atomic E-state index is -1.11. The summed E-state index contributed by atoms with van der Waals surface area (Å²) in [5, 5.41) is 5.26. The van der Waals surface area contributed by atoms with Gasteiger partial charge < -0.3 is 15.4 Å². The highest BCUT2D eigenvalue weighted by Crippen LogP contribution is 2.30. The largest absolute Gasteiger partial charge is 0.449 e. The third-order valence-corrected chi connectivity index (χ3v) is 4.47. The topological polar surface area (TPSA) is 84.5 Å². The summed E-state index contributed by atoms with van der Waals surface area (Å²) in [6.45, 7) is 1.41. The molecule has 1 aliphatic rings. The fourth-order valence-electron chi connectivity index (χ4n) is 2.42. The molecule has 0 aliphatic heterocycles. The highest BCUT2D eigenvalue weighted by Gasteiger charge is 2.29. The van der Waals surface area contributed by atoms with Crippen LogP contribution in [0.5, 0.6) is 0 Å². The minimum Gasteiger partial charge on any atom is -0.449 e. The van der Waals surface area contributed by atoms with Crippen LogP contribution in [-0.4, -0.2) is 23.9 Å². The first-order valence-electron chi connectivity index (χ1n) is 8.71. The molecule has 8 heteroatoms. The summed E-state index contributed by atoms with van der Waals surface area (Å²) < 4.78 is 18.2. The first-order valence-corrected chi connectivity index (χ1v) is 9.09. The zero-order chi connectivity index (χ0) is 20.3. The summed E-state index contributed by atoms with van der Waals surface area (Å²) >= 11 is 5.87. The molecule has 3 rings (SSSR count). The fraction of sp³-hybridized carbons (Fsp3) is 0.250. The second-order valence-corrected chi connectivity index (χ2v) is 6.91. The number of carbonyl (C=O) groups excluding carboxylic acids is 3. The van der Waals surface area contributed by atoms with Gasteiger partial charge in [-0.3, -0.25) is 9.59 Å². The molecule has 1 fully saturated rings. The number of ether oxygens (including phenoxy) is 1. The third kappa shape index (κ3) is 5.07. The summed E-state index contributed by atoms with van der Waals surface area (Å²) in [6, 6.07) is 9.83. The molecule has 1 unspecified atom stereocenters. The highest BCUT2D eigenvalue weighted by atomic mass is 35.5. The van der Waals surface area contributed by atoms with E-state index in [4.69, 9.17) is 16.3 Å². The molecule has 0 heterocycles. The predicted molar refractivity (Wildman–Crippen MR) is 103 cm³/mol. The van der Waals surface area contributed by atoms with Gasteiger partial charge in [0.15, 0.2) is 6.10 Å². The van der Waals surface area contributed by atoms with Crippen LogP contribution in [-0.2, 0) is 14.3 Å². The van der Waals surface area contributed by atoms with E-state index >= 15 is 0 Å². The average Bonchev–Trinajstić information content (AvgIpc) is 3.49. The fourth-order valence-corrected chi connectivity index (χ4v) is 2.64. The number of hydrogen-bond acceptors (Lipinski definition) is 4. The summed E-state index contributed by atoms with van der Waals surface area (Å²) in [5.41, 5.74) is 0.898. The van der Waals surface area contributed by atoms with Crippen molar-refractivity contribution in [3.63, 3.8) is 0 Å². The molecule has 1 saturated carbocycles. The van der Waals surface area contributed by atoms with Gasteiger partial charge in [-0.05, 0) is 56.2 Å². The van der Waals surface area contributed by atoms with Crippen LogP contribution in [0.15, 0.2) is 42.5 Å². The van der Waals surface area contributed by atoms with Gasteiger partial charge in [-0.15, -0.1) is 0 Å². The Morgan fingerprint density at radius 2 is 1.89 bits per heavy atom. The number of carbonyl (C=O) groups is 3. The molecular weight excluding hydrogens is 387 g/mol. The van der Waals surface area contributed by atoms with E-state index in [1.54, 1.807) is 12.1 Å². The van der Waals surface area contributed by atoms with E-state index in [-0.39, 0.29) is 28.1 Å². The maximum Gasteiger partial charge on any atom is 0.338 e. The zero-order valence-corrected chi connectivity index (χ0v) is 15.8. The lowest BCUT2D eigenvalue weighted by Crippen LogP contribution is -2.30. The molecule has 2 amide bonds. The van der Waals surface area contributed by atoms with Crippen molar-refractivity contribution in [1.29, 1.82) is 0 Å². The Kier molecular flexibility index (Phi) is 5.94. The van der Waals surface area contributed by atoms with E-state index in [1.807, 2.05) is 0 Å². The molecule has 0 aromatic heterocycles. The normalized spacial score (nSPS) is 14.1. The van der Waals surface area contributed by atoms with Crippen molar-refractivity contribution < 1.29 is 23.5 Å². The standard InChI is InChI=1S/C20H18ClFN2O4/c1-11(18(25)24-17-8-7-14(22)10-16(17)21)28-20(27)13-3-2-4-15(9-13)23-19(26)12-5-6-12/h2-4,7-12H,5-6H2,1H3,(H,23,26)(H,24,25). The molecule has 2 aromatic rings. The smallest absolute Gasteiger partial charge is 0.338 e. The lowest BCUT2D eigenvalue weighted by Gasteiger charge is -2.14. The maximum absolute atomic E-state index is 13.1. The van der Waals surface area contributed by atoms with Gasteiger partial charge in [0.05, 0.1) is 16.3 Å². The van der Waals surface area contributed by atoms with Gasteiger partial charge in [0, 0.05) is 11.6 Å². The van der Waals surface area contributed by atoms with E-state index in [1.165, 1.54) is 25.1 Å². The zero-order valence-electron chi connectivity index (χ0n) is 15.0. The van der Waals surface area contributed by atoms with E-state index in [9.17, 15) is 18.8 Å². The first kappa shape index (κ1) is 19.8. The monoisotopic (exact) mass is 404 g/mol. The number of anilines is 2. The molecule has 6 nitrogen and oxygen atoms in total. The number of halogens is 2. The van der Waals surface area contributed by atoms with Crippen LogP contribution >= 0.6 is 11.6 Å². The van der Waals surface area contributed by atoms with Crippen molar-refractivity contribution >= 4 is 40.8 Å². The summed E-state index contributed by atoms with van der Waals surface area (Å²) in [7, 11) is 0. The Bertz CT molecular complexity index is 930. The molecule has 1 aliphatic carbocycles. The van der Waals surface area contributed by atoms with Gasteiger partial charge in [0.1, 0.15) is 5.82 Å². The third-order valence-electron chi connectivity index (χ3n) is 4.16. The van der Waals surface area contributed by atoms with Crippen molar-refractivity contribution in [1.82, 2.24) is 0 Å². The van der Waals surface area contributed by atoms with E-state index in [2.05, 4.69) is 10.6 Å². The van der Waals surface area contributed by atoms with Crippen molar-refractivity contribution in [2.45, 2.75) is 25.9 Å². The van der Waals surface area contributed by atoms with Crippen LogP contribution in [0.2, 0.25) is 5.02 Å². The Morgan fingerprint density at radius 1 is 1.14 bits per heavy atom. The second kappa shape index (κ2) is 8.39. The van der Waals surface area contributed by atoms with E-state index in [0.717, 1.165) is 25.0 Å². The van der Waals surface area contributed by atoms with Crippen LogP contribution in [0.1, 0.15) is 30.1 Å². The second-order valence-electron chi connectivity index (χ2n) is 6.51. The van der Waals surface area contributed by atoms with Crippen LogP contribution in [0.3, 0.4) is 0 Å². The number of amides is 2. The number of rotatable bonds is 6. The van der Waals surface area contributed by atoms with Crippen LogP contribution in [0.25, 0.3) is 0 Å². The number of hydrogen-bond donors (Lipinski definition) is 2. The first-order chi connectivity index (χ1) is 13.3. The molecule has 2 aromatic carbocycles. The van der Waals surface area contributed by atoms with Gasteiger partial charge in [-0.1, -0.05) is 17.7 Å². The molecule has 0 radical (unpaired) electrons. The number of esters is 1.